The first-order valence-corrected chi connectivity index (χ1v) is 11.3. The van der Waals surface area contributed by atoms with Gasteiger partial charge >= 0.3 is 5.76 Å². The lowest BCUT2D eigenvalue weighted by molar-refractivity contribution is 0.384. The lowest BCUT2D eigenvalue weighted by Crippen LogP contribution is -2.48. The van der Waals surface area contributed by atoms with Gasteiger partial charge in [0, 0.05) is 49.5 Å². The van der Waals surface area contributed by atoms with Gasteiger partial charge in [-0.3, -0.25) is 4.57 Å². The molecule has 1 aliphatic heterocycles. The number of hydrogen-bond donors (Lipinski definition) is 0. The van der Waals surface area contributed by atoms with Crippen LogP contribution in [0.4, 0.5) is 5.69 Å². The van der Waals surface area contributed by atoms with Crippen molar-refractivity contribution in [1.29, 1.82) is 0 Å². The molecule has 9 heteroatoms. The van der Waals surface area contributed by atoms with Crippen molar-refractivity contribution in [3.05, 3.63) is 57.5 Å². The summed E-state index contributed by atoms with van der Waals surface area (Å²) in [6.07, 6.45) is 0. The molecule has 0 radical (unpaired) electrons. The Bertz CT molecular complexity index is 1220. The fourth-order valence-electron chi connectivity index (χ4n) is 3.75. The molecule has 1 aliphatic rings. The van der Waals surface area contributed by atoms with Crippen molar-refractivity contribution < 1.29 is 12.8 Å². The number of rotatable bonds is 4. The van der Waals surface area contributed by atoms with E-state index < -0.39 is 15.8 Å². The highest BCUT2D eigenvalue weighted by atomic mass is 35.5. The maximum atomic E-state index is 13.1. The maximum Gasteiger partial charge on any atom is 0.419 e. The van der Waals surface area contributed by atoms with Crippen LogP contribution in [0, 0.1) is 6.92 Å². The number of hydrogen-bond acceptors (Lipinski definition) is 5. The second-order valence-corrected chi connectivity index (χ2v) is 9.44. The van der Waals surface area contributed by atoms with Gasteiger partial charge in [-0.2, -0.15) is 4.31 Å². The molecule has 1 saturated heterocycles. The molecule has 0 N–H and O–H groups in total. The van der Waals surface area contributed by atoms with Crippen molar-refractivity contribution in [2.45, 2.75) is 25.3 Å². The van der Waals surface area contributed by atoms with Gasteiger partial charge in [0.25, 0.3) is 0 Å². The van der Waals surface area contributed by atoms with Gasteiger partial charge in [-0.25, -0.2) is 13.2 Å². The molecular weight excluding hydrogens is 414 g/mol. The van der Waals surface area contributed by atoms with Crippen molar-refractivity contribution >= 4 is 38.4 Å². The van der Waals surface area contributed by atoms with E-state index in [9.17, 15) is 13.2 Å². The van der Waals surface area contributed by atoms with E-state index >= 15 is 0 Å². The Hall–Kier alpha value is -2.29. The Labute approximate surface area is 174 Å². The normalized spacial score (nSPS) is 15.9. The minimum atomic E-state index is -3.68. The molecule has 7 nitrogen and oxygen atoms in total. The van der Waals surface area contributed by atoms with Crippen molar-refractivity contribution in [1.82, 2.24) is 8.87 Å². The van der Waals surface area contributed by atoms with E-state index in [-0.39, 0.29) is 10.5 Å². The van der Waals surface area contributed by atoms with Crippen LogP contribution >= 0.6 is 11.6 Å². The van der Waals surface area contributed by atoms with Crippen LogP contribution in [0.5, 0.6) is 0 Å². The molecule has 29 heavy (non-hydrogen) atoms. The molecule has 3 aromatic rings. The van der Waals surface area contributed by atoms with Gasteiger partial charge in [0.05, 0.1) is 10.4 Å². The fraction of sp³-hybridized carbons (Fsp3) is 0.350. The summed E-state index contributed by atoms with van der Waals surface area (Å²) in [5, 5.41) is 0.662. The zero-order chi connectivity index (χ0) is 20.8. The van der Waals surface area contributed by atoms with E-state index in [0.29, 0.717) is 43.3 Å². The average Bonchev–Trinajstić information content (AvgIpc) is 3.04. The minimum Gasteiger partial charge on any atom is -0.408 e. The number of oxazole rings is 1. The third-order valence-corrected chi connectivity index (χ3v) is 7.47. The molecule has 0 amide bonds. The van der Waals surface area contributed by atoms with Crippen LogP contribution in [-0.4, -0.2) is 43.5 Å². The van der Waals surface area contributed by atoms with Crippen LogP contribution in [0.15, 0.2) is 50.5 Å². The number of fused-ring (bicyclic) bond motifs is 1. The number of halogens is 1. The molecule has 154 valence electrons. The van der Waals surface area contributed by atoms with E-state index in [1.54, 1.807) is 6.07 Å². The van der Waals surface area contributed by atoms with E-state index in [0.717, 1.165) is 11.3 Å². The smallest absolute Gasteiger partial charge is 0.408 e. The minimum absolute atomic E-state index is 0.134. The summed E-state index contributed by atoms with van der Waals surface area (Å²) in [6, 6.07) is 10.3. The van der Waals surface area contributed by atoms with E-state index in [1.807, 2.05) is 32.0 Å². The summed E-state index contributed by atoms with van der Waals surface area (Å²) in [6.45, 7) is 6.19. The summed E-state index contributed by atoms with van der Waals surface area (Å²) in [5.74, 6) is -0.484. The van der Waals surface area contributed by atoms with Crippen molar-refractivity contribution in [2.75, 3.05) is 31.1 Å². The maximum absolute atomic E-state index is 13.1. The molecule has 2 aromatic carbocycles. The summed E-state index contributed by atoms with van der Waals surface area (Å²) in [5.41, 5.74) is 3.01. The van der Waals surface area contributed by atoms with E-state index in [4.69, 9.17) is 16.0 Å². The quantitative estimate of drug-likeness (QED) is 0.629. The lowest BCUT2D eigenvalue weighted by atomic mass is 10.1. The zero-order valence-electron chi connectivity index (χ0n) is 16.3. The van der Waals surface area contributed by atoms with Gasteiger partial charge < -0.3 is 9.32 Å². The van der Waals surface area contributed by atoms with Crippen LogP contribution in [0.1, 0.15) is 12.5 Å². The summed E-state index contributed by atoms with van der Waals surface area (Å²) in [7, 11) is -3.68. The SMILES string of the molecule is CCn1c(=O)oc2cc(S(=O)(=O)N3CCN(c4cc(Cl)ccc4C)CC3)ccc21. The molecule has 1 aromatic heterocycles. The number of benzene rings is 2. The fourth-order valence-corrected chi connectivity index (χ4v) is 5.35. The molecule has 0 spiro atoms. The Balaban J connectivity index is 1.57. The van der Waals surface area contributed by atoms with Gasteiger partial charge in [0.1, 0.15) is 0 Å². The van der Waals surface area contributed by atoms with Crippen LogP contribution in [0.3, 0.4) is 0 Å². The molecule has 0 aliphatic carbocycles. The summed E-state index contributed by atoms with van der Waals surface area (Å²) >= 11 is 6.12. The Morgan fingerprint density at radius 3 is 2.48 bits per heavy atom. The standard InChI is InChI=1S/C20H22ClN3O4S/c1-3-24-17-7-6-16(13-19(17)28-20(24)25)29(26,27)23-10-8-22(9-11-23)18-12-15(21)5-4-14(18)2/h4-7,12-13H,3,8-11H2,1-2H3. The molecule has 1 fully saturated rings. The third-order valence-electron chi connectivity index (χ3n) is 5.34. The highest BCUT2D eigenvalue weighted by Crippen LogP contribution is 2.27. The third kappa shape index (κ3) is 3.56. The number of anilines is 1. The van der Waals surface area contributed by atoms with Crippen LogP contribution < -0.4 is 10.7 Å². The number of nitrogens with zero attached hydrogens (tertiary/aromatic N) is 3. The molecular formula is C20H22ClN3O4S. The van der Waals surface area contributed by atoms with Gasteiger partial charge in [-0.1, -0.05) is 17.7 Å². The van der Waals surface area contributed by atoms with Gasteiger partial charge in [-0.15, -0.1) is 0 Å². The van der Waals surface area contributed by atoms with Gasteiger partial charge in [-0.05, 0) is 43.7 Å². The number of aryl methyl sites for hydroxylation is 2. The highest BCUT2D eigenvalue weighted by molar-refractivity contribution is 7.89. The van der Waals surface area contributed by atoms with Crippen LogP contribution in [0.25, 0.3) is 11.1 Å². The Morgan fingerprint density at radius 1 is 1.07 bits per heavy atom. The van der Waals surface area contributed by atoms with E-state index in [1.165, 1.54) is 21.0 Å². The predicted octanol–water partition coefficient (Wildman–Crippen LogP) is 3.09. The predicted molar refractivity (Wildman–Crippen MR) is 113 cm³/mol. The van der Waals surface area contributed by atoms with Crippen LogP contribution in [0.2, 0.25) is 5.02 Å². The molecule has 0 bridgehead atoms. The largest absolute Gasteiger partial charge is 0.419 e. The first kappa shape index (κ1) is 20.0. The molecule has 0 atom stereocenters. The second-order valence-electron chi connectivity index (χ2n) is 7.06. The average molecular weight is 436 g/mol. The molecule has 2 heterocycles. The molecule has 0 unspecified atom stereocenters. The topological polar surface area (TPSA) is 75.8 Å². The number of sulfonamides is 1. The summed E-state index contributed by atoms with van der Waals surface area (Å²) < 4.78 is 34.4. The molecule has 0 saturated carbocycles. The zero-order valence-corrected chi connectivity index (χ0v) is 17.8. The van der Waals surface area contributed by atoms with Gasteiger partial charge in [0.15, 0.2) is 5.58 Å². The van der Waals surface area contributed by atoms with Crippen molar-refractivity contribution in [3.63, 3.8) is 0 Å². The van der Waals surface area contributed by atoms with Crippen LogP contribution in [-0.2, 0) is 16.6 Å². The number of piperazine rings is 1. The second kappa shape index (κ2) is 7.51. The molecule has 4 rings (SSSR count). The van der Waals surface area contributed by atoms with Crippen molar-refractivity contribution in [3.8, 4) is 0 Å². The van der Waals surface area contributed by atoms with Gasteiger partial charge in [0.2, 0.25) is 10.0 Å². The Kier molecular flexibility index (Phi) is 5.18. The monoisotopic (exact) mass is 435 g/mol. The summed E-state index contributed by atoms with van der Waals surface area (Å²) in [4.78, 5) is 14.2. The highest BCUT2D eigenvalue weighted by Gasteiger charge is 2.29. The number of aromatic nitrogens is 1. The first-order chi connectivity index (χ1) is 13.8. The van der Waals surface area contributed by atoms with Crippen molar-refractivity contribution in [2.24, 2.45) is 0 Å². The lowest BCUT2D eigenvalue weighted by Gasteiger charge is -2.36. The Morgan fingerprint density at radius 2 is 1.79 bits per heavy atom. The first-order valence-electron chi connectivity index (χ1n) is 9.46. The van der Waals surface area contributed by atoms with E-state index in [2.05, 4.69) is 4.90 Å².